The summed E-state index contributed by atoms with van der Waals surface area (Å²) in [5.74, 6) is 1.99. The highest BCUT2D eigenvalue weighted by atomic mass is 16.5. The molecule has 1 aromatic rings. The average Bonchev–Trinajstić information content (AvgIpc) is 2.84. The molecule has 2 fully saturated rings. The average molecular weight is 348 g/mol. The van der Waals surface area contributed by atoms with E-state index in [-0.39, 0.29) is 12.0 Å². The van der Waals surface area contributed by atoms with Crippen molar-refractivity contribution in [2.75, 3.05) is 39.3 Å². The smallest absolute Gasteiger partial charge is 0.257 e. The molecule has 140 valence electrons. The highest BCUT2D eigenvalue weighted by molar-refractivity contribution is 5.95. The lowest BCUT2D eigenvalue weighted by Crippen LogP contribution is -2.43. The third kappa shape index (κ3) is 4.64. The van der Waals surface area contributed by atoms with Crippen LogP contribution >= 0.6 is 0 Å². The van der Waals surface area contributed by atoms with Gasteiger partial charge in [-0.25, -0.2) is 0 Å². The largest absolute Gasteiger partial charge is 0.465 e. The summed E-state index contributed by atoms with van der Waals surface area (Å²) in [5.41, 5.74) is 0.710. The van der Waals surface area contributed by atoms with Crippen LogP contribution in [0.5, 0.6) is 0 Å². The number of piperidine rings is 1. The van der Waals surface area contributed by atoms with E-state index in [2.05, 4.69) is 18.7 Å². The molecule has 5 heteroatoms. The second-order valence-electron chi connectivity index (χ2n) is 7.73. The molecular formula is C20H32N2O3. The molecule has 0 unspecified atom stereocenters. The van der Waals surface area contributed by atoms with Gasteiger partial charge in [-0.2, -0.15) is 0 Å². The van der Waals surface area contributed by atoms with Gasteiger partial charge in [-0.15, -0.1) is 0 Å². The van der Waals surface area contributed by atoms with Gasteiger partial charge in [0.2, 0.25) is 0 Å². The molecule has 2 aliphatic rings. The summed E-state index contributed by atoms with van der Waals surface area (Å²) in [5, 5.41) is 0. The Bertz CT molecular complexity index is 575. The summed E-state index contributed by atoms with van der Waals surface area (Å²) in [6.07, 6.45) is 4.91. The summed E-state index contributed by atoms with van der Waals surface area (Å²) in [6.45, 7) is 11.5. The lowest BCUT2D eigenvalue weighted by Gasteiger charge is -2.31. The van der Waals surface area contributed by atoms with Crippen molar-refractivity contribution in [2.45, 2.75) is 58.5 Å². The van der Waals surface area contributed by atoms with Crippen LogP contribution in [-0.2, 0) is 4.74 Å². The van der Waals surface area contributed by atoms with Gasteiger partial charge in [-0.05, 0) is 45.3 Å². The normalized spacial score (nSPS) is 23.0. The predicted octanol–water partition coefficient (Wildman–Crippen LogP) is 3.43. The molecule has 0 aromatic carbocycles. The number of furan rings is 1. The van der Waals surface area contributed by atoms with Crippen molar-refractivity contribution in [2.24, 2.45) is 0 Å². The number of hydrogen-bond donors (Lipinski definition) is 0. The molecule has 0 radical (unpaired) electrons. The molecule has 0 aliphatic carbocycles. The fraction of sp³-hybridized carbons (Fsp3) is 0.750. The van der Waals surface area contributed by atoms with Gasteiger partial charge < -0.3 is 19.0 Å². The summed E-state index contributed by atoms with van der Waals surface area (Å²) in [7, 11) is 0. The van der Waals surface area contributed by atoms with Crippen molar-refractivity contribution >= 4 is 5.91 Å². The van der Waals surface area contributed by atoms with E-state index in [1.807, 2.05) is 17.9 Å². The van der Waals surface area contributed by atoms with Gasteiger partial charge in [0, 0.05) is 32.2 Å². The lowest BCUT2D eigenvalue weighted by molar-refractivity contribution is 0.0216. The summed E-state index contributed by atoms with van der Waals surface area (Å²) < 4.78 is 11.8. The van der Waals surface area contributed by atoms with Gasteiger partial charge in [-0.1, -0.05) is 20.3 Å². The third-order valence-electron chi connectivity index (χ3n) is 5.28. The predicted molar refractivity (Wildman–Crippen MR) is 98.1 cm³/mol. The molecule has 0 N–H and O–H groups in total. The molecule has 2 aliphatic heterocycles. The number of rotatable bonds is 4. The number of carbonyl (C=O) groups excluding carboxylic acids is 1. The fourth-order valence-corrected chi connectivity index (χ4v) is 3.79. The molecule has 5 nitrogen and oxygen atoms in total. The van der Waals surface area contributed by atoms with Crippen molar-refractivity contribution in [3.05, 3.63) is 23.2 Å². The molecule has 3 heterocycles. The molecule has 1 atom stereocenters. The SMILES string of the molecule is Cc1oc(C(C)C)cc1C(=O)N1CCCO[C@H](CN2CCCCC2)C1. The Hall–Kier alpha value is -1.33. The number of nitrogens with zero attached hydrogens (tertiary/aromatic N) is 2. The fourth-order valence-electron chi connectivity index (χ4n) is 3.79. The van der Waals surface area contributed by atoms with Crippen LogP contribution in [0.1, 0.15) is 67.3 Å². The Kier molecular flexibility index (Phi) is 6.18. The maximum atomic E-state index is 13.0. The van der Waals surface area contributed by atoms with Crippen LogP contribution in [0.4, 0.5) is 0 Å². The molecular weight excluding hydrogens is 316 g/mol. The van der Waals surface area contributed by atoms with Crippen molar-refractivity contribution in [3.8, 4) is 0 Å². The monoisotopic (exact) mass is 348 g/mol. The Labute approximate surface area is 151 Å². The number of ether oxygens (including phenoxy) is 1. The molecule has 0 saturated carbocycles. The minimum absolute atomic E-state index is 0.0855. The summed E-state index contributed by atoms with van der Waals surface area (Å²) in [4.78, 5) is 17.5. The Morgan fingerprint density at radius 2 is 1.96 bits per heavy atom. The van der Waals surface area contributed by atoms with Gasteiger partial charge in [0.1, 0.15) is 11.5 Å². The minimum atomic E-state index is 0.0855. The van der Waals surface area contributed by atoms with Gasteiger partial charge in [0.25, 0.3) is 5.91 Å². The second kappa shape index (κ2) is 8.37. The zero-order chi connectivity index (χ0) is 17.8. The number of carbonyl (C=O) groups is 1. The summed E-state index contributed by atoms with van der Waals surface area (Å²) in [6, 6.07) is 1.92. The van der Waals surface area contributed by atoms with Crippen LogP contribution in [-0.4, -0.2) is 61.1 Å². The van der Waals surface area contributed by atoms with Gasteiger partial charge in [0.15, 0.2) is 0 Å². The zero-order valence-corrected chi connectivity index (χ0v) is 15.9. The molecule has 1 aromatic heterocycles. The van der Waals surface area contributed by atoms with Crippen molar-refractivity contribution in [1.82, 2.24) is 9.80 Å². The Morgan fingerprint density at radius 3 is 2.64 bits per heavy atom. The third-order valence-corrected chi connectivity index (χ3v) is 5.28. The lowest BCUT2D eigenvalue weighted by atomic mass is 10.1. The van der Waals surface area contributed by atoms with E-state index in [0.717, 1.165) is 50.7 Å². The first-order valence-corrected chi connectivity index (χ1v) is 9.78. The topological polar surface area (TPSA) is 45.9 Å². The first-order valence-electron chi connectivity index (χ1n) is 9.78. The van der Waals surface area contributed by atoms with E-state index in [0.29, 0.717) is 18.0 Å². The van der Waals surface area contributed by atoms with E-state index >= 15 is 0 Å². The number of hydrogen-bond acceptors (Lipinski definition) is 4. The molecule has 2 saturated heterocycles. The quantitative estimate of drug-likeness (QED) is 0.836. The van der Waals surface area contributed by atoms with E-state index in [9.17, 15) is 4.79 Å². The molecule has 25 heavy (non-hydrogen) atoms. The van der Waals surface area contributed by atoms with Gasteiger partial charge in [0.05, 0.1) is 11.7 Å². The van der Waals surface area contributed by atoms with Crippen molar-refractivity contribution in [1.29, 1.82) is 0 Å². The van der Waals surface area contributed by atoms with Gasteiger partial charge in [-0.3, -0.25) is 4.79 Å². The van der Waals surface area contributed by atoms with Crippen LogP contribution in [0.25, 0.3) is 0 Å². The van der Waals surface area contributed by atoms with E-state index in [1.165, 1.54) is 19.3 Å². The highest BCUT2D eigenvalue weighted by Gasteiger charge is 2.27. The molecule has 1 amide bonds. The van der Waals surface area contributed by atoms with Crippen molar-refractivity contribution in [3.63, 3.8) is 0 Å². The van der Waals surface area contributed by atoms with Crippen LogP contribution in [0.3, 0.4) is 0 Å². The first-order chi connectivity index (χ1) is 12.0. The Balaban J connectivity index is 1.66. The summed E-state index contributed by atoms with van der Waals surface area (Å²) >= 11 is 0. The molecule has 0 bridgehead atoms. The second-order valence-corrected chi connectivity index (χ2v) is 7.73. The van der Waals surface area contributed by atoms with E-state index < -0.39 is 0 Å². The van der Waals surface area contributed by atoms with Crippen molar-refractivity contribution < 1.29 is 13.9 Å². The van der Waals surface area contributed by atoms with E-state index in [4.69, 9.17) is 9.15 Å². The Morgan fingerprint density at radius 1 is 1.20 bits per heavy atom. The minimum Gasteiger partial charge on any atom is -0.465 e. The van der Waals surface area contributed by atoms with Gasteiger partial charge >= 0.3 is 0 Å². The van der Waals surface area contributed by atoms with Crippen LogP contribution in [0.15, 0.2) is 10.5 Å². The van der Waals surface area contributed by atoms with Crippen LogP contribution in [0.2, 0.25) is 0 Å². The maximum absolute atomic E-state index is 13.0. The van der Waals surface area contributed by atoms with E-state index in [1.54, 1.807) is 0 Å². The number of likely N-dealkylation sites (tertiary alicyclic amines) is 1. The highest BCUT2D eigenvalue weighted by Crippen LogP contribution is 2.24. The molecule has 3 rings (SSSR count). The molecule has 0 spiro atoms. The first kappa shape index (κ1) is 18.5. The number of aryl methyl sites for hydroxylation is 1. The number of amides is 1. The van der Waals surface area contributed by atoms with Crippen LogP contribution in [0, 0.1) is 6.92 Å². The maximum Gasteiger partial charge on any atom is 0.257 e. The standard InChI is InChI=1S/C20H32N2O3/c1-15(2)19-12-18(16(3)25-19)20(23)22-10-7-11-24-17(14-22)13-21-8-5-4-6-9-21/h12,15,17H,4-11,13-14H2,1-3H3/t17-/m1/s1. The zero-order valence-electron chi connectivity index (χ0n) is 15.9. The van der Waals surface area contributed by atoms with Crippen LogP contribution < -0.4 is 0 Å².